The number of rotatable bonds is 5. The quantitative estimate of drug-likeness (QED) is 0.917. The number of carboxylic acids is 1. The molecule has 1 unspecified atom stereocenters. The molecule has 1 fully saturated rings. The van der Waals surface area contributed by atoms with Crippen molar-refractivity contribution in [3.8, 4) is 0 Å². The van der Waals surface area contributed by atoms with Crippen LogP contribution in [0.2, 0.25) is 0 Å². The van der Waals surface area contributed by atoms with Gasteiger partial charge in [-0.3, -0.25) is 14.4 Å². The Morgan fingerprint density at radius 2 is 2.24 bits per heavy atom. The molecule has 1 N–H and O–H groups in total. The summed E-state index contributed by atoms with van der Waals surface area (Å²) in [4.78, 5) is 13.1. The summed E-state index contributed by atoms with van der Waals surface area (Å²) in [5.41, 5.74) is 2.28. The molecule has 0 radical (unpaired) electrons. The van der Waals surface area contributed by atoms with E-state index in [0.29, 0.717) is 0 Å². The fourth-order valence-corrected chi connectivity index (χ4v) is 3.24. The zero-order chi connectivity index (χ0) is 14.8. The zero-order valence-corrected chi connectivity index (χ0v) is 12.3. The van der Waals surface area contributed by atoms with Crippen LogP contribution in [0, 0.1) is 5.92 Å². The molecule has 1 aliphatic heterocycles. The minimum Gasteiger partial charge on any atom is -0.481 e. The molecule has 21 heavy (non-hydrogen) atoms. The molecule has 0 aliphatic carbocycles. The lowest BCUT2D eigenvalue weighted by molar-refractivity contribution is -0.138. The number of carboxylic acid groups (broad SMARTS) is 1. The van der Waals surface area contributed by atoms with Crippen LogP contribution in [0.25, 0.3) is 10.9 Å². The van der Waals surface area contributed by atoms with Crippen molar-refractivity contribution in [2.45, 2.75) is 32.9 Å². The molecular formula is C16H21N3O2. The highest BCUT2D eigenvalue weighted by atomic mass is 16.4. The molecule has 5 heteroatoms. The average Bonchev–Trinajstić information content (AvgIpc) is 3.04. The normalized spacial score (nSPS) is 19.4. The molecule has 0 bridgehead atoms. The number of fused-ring (bicyclic) bond motifs is 1. The predicted molar refractivity (Wildman–Crippen MR) is 81.0 cm³/mol. The first-order valence-corrected chi connectivity index (χ1v) is 7.56. The van der Waals surface area contributed by atoms with Gasteiger partial charge < -0.3 is 5.11 Å². The number of para-hydroxylation sites is 1. The topological polar surface area (TPSA) is 58.4 Å². The number of hydrogen-bond donors (Lipinski definition) is 1. The zero-order valence-electron chi connectivity index (χ0n) is 12.3. The largest absolute Gasteiger partial charge is 0.481 e. The van der Waals surface area contributed by atoms with Crippen molar-refractivity contribution in [1.29, 1.82) is 0 Å². The number of carbonyl (C=O) groups is 1. The second kappa shape index (κ2) is 5.85. The number of benzene rings is 1. The Bertz CT molecular complexity index is 650. The van der Waals surface area contributed by atoms with Crippen molar-refractivity contribution in [2.24, 2.45) is 5.92 Å². The van der Waals surface area contributed by atoms with Gasteiger partial charge in [0, 0.05) is 31.4 Å². The van der Waals surface area contributed by atoms with E-state index in [1.807, 2.05) is 16.8 Å². The maximum Gasteiger partial charge on any atom is 0.303 e. The van der Waals surface area contributed by atoms with E-state index in [2.05, 4.69) is 24.0 Å². The number of hydrogen-bond acceptors (Lipinski definition) is 3. The molecule has 2 heterocycles. The molecule has 3 rings (SSSR count). The van der Waals surface area contributed by atoms with Crippen molar-refractivity contribution in [1.82, 2.24) is 14.7 Å². The highest BCUT2D eigenvalue weighted by Crippen LogP contribution is 2.24. The van der Waals surface area contributed by atoms with Crippen LogP contribution in [0.3, 0.4) is 0 Å². The van der Waals surface area contributed by atoms with Crippen LogP contribution in [-0.2, 0) is 17.9 Å². The maximum absolute atomic E-state index is 10.8. The summed E-state index contributed by atoms with van der Waals surface area (Å²) in [5.74, 6) is -0.412. The third kappa shape index (κ3) is 2.93. The van der Waals surface area contributed by atoms with Gasteiger partial charge in [0.15, 0.2) is 0 Å². The summed E-state index contributed by atoms with van der Waals surface area (Å²) in [6.07, 6.45) is 1.25. The number of likely N-dealkylation sites (tertiary alicyclic amines) is 1. The standard InChI is InChI=1S/C16H21N3O2/c1-2-19-15-6-4-3-5-13(15)14(17-19)11-18-8-7-12(10-18)9-16(20)21/h3-6,12H,2,7-11H2,1H3,(H,20,21). The van der Waals surface area contributed by atoms with Gasteiger partial charge >= 0.3 is 5.97 Å². The van der Waals surface area contributed by atoms with Gasteiger partial charge in [-0.05, 0) is 31.9 Å². The van der Waals surface area contributed by atoms with Gasteiger partial charge in [0.25, 0.3) is 0 Å². The summed E-state index contributed by atoms with van der Waals surface area (Å²) in [6, 6.07) is 8.31. The first-order valence-electron chi connectivity index (χ1n) is 7.56. The molecule has 5 nitrogen and oxygen atoms in total. The summed E-state index contributed by atoms with van der Waals surface area (Å²) in [6.45, 7) is 5.60. The number of aromatic nitrogens is 2. The molecule has 2 aromatic rings. The highest BCUT2D eigenvalue weighted by Gasteiger charge is 2.25. The fourth-order valence-electron chi connectivity index (χ4n) is 3.24. The average molecular weight is 287 g/mol. The van der Waals surface area contributed by atoms with E-state index < -0.39 is 5.97 Å². The summed E-state index contributed by atoms with van der Waals surface area (Å²) in [5, 5.41) is 14.8. The summed E-state index contributed by atoms with van der Waals surface area (Å²) in [7, 11) is 0. The van der Waals surface area contributed by atoms with Crippen LogP contribution in [0.15, 0.2) is 24.3 Å². The van der Waals surface area contributed by atoms with E-state index >= 15 is 0 Å². The summed E-state index contributed by atoms with van der Waals surface area (Å²) < 4.78 is 2.04. The van der Waals surface area contributed by atoms with Gasteiger partial charge in [-0.25, -0.2) is 0 Å². The minimum atomic E-state index is -0.692. The molecule has 1 aliphatic rings. The number of nitrogens with zero attached hydrogens (tertiary/aromatic N) is 3. The SMILES string of the molecule is CCn1nc(CN2CCC(CC(=O)O)C2)c2ccccc21. The van der Waals surface area contributed by atoms with Crippen molar-refractivity contribution >= 4 is 16.9 Å². The van der Waals surface area contributed by atoms with Crippen LogP contribution in [0.5, 0.6) is 0 Å². The monoisotopic (exact) mass is 287 g/mol. The van der Waals surface area contributed by atoms with Crippen molar-refractivity contribution in [2.75, 3.05) is 13.1 Å². The van der Waals surface area contributed by atoms with Gasteiger partial charge in [0.2, 0.25) is 0 Å². The Labute approximate surface area is 124 Å². The molecular weight excluding hydrogens is 266 g/mol. The lowest BCUT2D eigenvalue weighted by Gasteiger charge is -2.14. The van der Waals surface area contributed by atoms with E-state index in [1.54, 1.807) is 0 Å². The maximum atomic E-state index is 10.8. The molecule has 0 amide bonds. The van der Waals surface area contributed by atoms with E-state index in [0.717, 1.165) is 38.3 Å². The third-order valence-corrected chi connectivity index (χ3v) is 4.24. The van der Waals surface area contributed by atoms with Crippen LogP contribution in [0.1, 0.15) is 25.5 Å². The Balaban J connectivity index is 1.75. The number of aliphatic carboxylic acids is 1. The highest BCUT2D eigenvalue weighted by molar-refractivity contribution is 5.81. The lowest BCUT2D eigenvalue weighted by Crippen LogP contribution is -2.21. The van der Waals surface area contributed by atoms with Gasteiger partial charge in [-0.2, -0.15) is 5.10 Å². The van der Waals surface area contributed by atoms with Gasteiger partial charge in [0.1, 0.15) is 0 Å². The van der Waals surface area contributed by atoms with E-state index in [1.165, 1.54) is 10.9 Å². The molecule has 0 saturated carbocycles. The second-order valence-corrected chi connectivity index (χ2v) is 5.77. The lowest BCUT2D eigenvalue weighted by atomic mass is 10.1. The molecule has 1 aromatic carbocycles. The second-order valence-electron chi connectivity index (χ2n) is 5.77. The van der Waals surface area contributed by atoms with Crippen molar-refractivity contribution < 1.29 is 9.90 Å². The minimum absolute atomic E-state index is 0.278. The van der Waals surface area contributed by atoms with Gasteiger partial charge in [-0.15, -0.1) is 0 Å². The Hall–Kier alpha value is -1.88. The van der Waals surface area contributed by atoms with Crippen molar-refractivity contribution in [3.05, 3.63) is 30.0 Å². The summed E-state index contributed by atoms with van der Waals surface area (Å²) >= 11 is 0. The van der Waals surface area contributed by atoms with E-state index in [4.69, 9.17) is 10.2 Å². The molecule has 1 aromatic heterocycles. The smallest absolute Gasteiger partial charge is 0.303 e. The van der Waals surface area contributed by atoms with E-state index in [9.17, 15) is 4.79 Å². The Morgan fingerprint density at radius 1 is 1.43 bits per heavy atom. The molecule has 112 valence electrons. The molecule has 1 saturated heterocycles. The Morgan fingerprint density at radius 3 is 3.00 bits per heavy atom. The van der Waals surface area contributed by atoms with Crippen LogP contribution in [-0.4, -0.2) is 38.8 Å². The van der Waals surface area contributed by atoms with E-state index in [-0.39, 0.29) is 12.3 Å². The van der Waals surface area contributed by atoms with Crippen LogP contribution < -0.4 is 0 Å². The van der Waals surface area contributed by atoms with Crippen LogP contribution >= 0.6 is 0 Å². The molecule has 0 spiro atoms. The third-order valence-electron chi connectivity index (χ3n) is 4.24. The predicted octanol–water partition coefficient (Wildman–Crippen LogP) is 2.35. The number of aryl methyl sites for hydroxylation is 1. The fraction of sp³-hybridized carbons (Fsp3) is 0.500. The van der Waals surface area contributed by atoms with Gasteiger partial charge in [0.05, 0.1) is 11.2 Å². The molecule has 1 atom stereocenters. The first-order chi connectivity index (χ1) is 10.2. The van der Waals surface area contributed by atoms with Crippen molar-refractivity contribution in [3.63, 3.8) is 0 Å². The Kier molecular flexibility index (Phi) is 3.92. The first kappa shape index (κ1) is 14.1. The van der Waals surface area contributed by atoms with Gasteiger partial charge in [-0.1, -0.05) is 18.2 Å². The van der Waals surface area contributed by atoms with Crippen LogP contribution in [0.4, 0.5) is 0 Å².